The molecule has 0 aliphatic carbocycles. The van der Waals surface area contributed by atoms with Gasteiger partial charge in [0.1, 0.15) is 0 Å². The molecule has 0 saturated carbocycles. The second-order valence-corrected chi connectivity index (χ2v) is 5.14. The predicted octanol–water partition coefficient (Wildman–Crippen LogP) is 3.72. The Balaban J connectivity index is 3.30. The maximum absolute atomic E-state index is 12.8. The highest BCUT2D eigenvalue weighted by Gasteiger charge is 2.38. The monoisotopic (exact) mass is 304 g/mol. The minimum absolute atomic E-state index is 0.375. The van der Waals surface area contributed by atoms with Crippen LogP contribution in [0.15, 0.2) is 18.2 Å². The van der Waals surface area contributed by atoms with Gasteiger partial charge in [-0.2, -0.15) is 13.2 Å². The molecule has 1 aromatic rings. The van der Waals surface area contributed by atoms with Crippen LogP contribution in [0.3, 0.4) is 0 Å². The summed E-state index contributed by atoms with van der Waals surface area (Å²) < 4.78 is 43.9. The third-order valence-electron chi connectivity index (χ3n) is 4.20. The number of halogens is 3. The van der Waals surface area contributed by atoms with E-state index in [1.54, 1.807) is 14.0 Å². The Kier molecular flexibility index (Phi) is 5.78. The van der Waals surface area contributed by atoms with Crippen molar-refractivity contribution in [2.75, 3.05) is 7.11 Å². The van der Waals surface area contributed by atoms with Crippen LogP contribution in [-0.4, -0.2) is 12.7 Å². The van der Waals surface area contributed by atoms with Crippen LogP contribution < -0.4 is 11.3 Å². The minimum Gasteiger partial charge on any atom is -0.376 e. The van der Waals surface area contributed by atoms with Crippen LogP contribution in [0.5, 0.6) is 0 Å². The van der Waals surface area contributed by atoms with Crippen LogP contribution in [0.4, 0.5) is 13.2 Å². The predicted molar refractivity (Wildman–Crippen MR) is 76.6 cm³/mol. The number of aryl methyl sites for hydroxylation is 1. The molecule has 0 spiro atoms. The average molecular weight is 304 g/mol. The van der Waals surface area contributed by atoms with E-state index in [-0.39, 0.29) is 6.04 Å². The van der Waals surface area contributed by atoms with E-state index < -0.39 is 17.3 Å². The first-order valence-electron chi connectivity index (χ1n) is 6.94. The van der Waals surface area contributed by atoms with Crippen molar-refractivity contribution in [1.29, 1.82) is 0 Å². The molecule has 1 unspecified atom stereocenters. The van der Waals surface area contributed by atoms with Gasteiger partial charge in [-0.05, 0) is 43.0 Å². The summed E-state index contributed by atoms with van der Waals surface area (Å²) in [6, 6.07) is 3.32. The van der Waals surface area contributed by atoms with E-state index in [2.05, 4.69) is 5.43 Å². The first-order valence-corrected chi connectivity index (χ1v) is 6.94. The standard InChI is InChI=1S/C15H23F3N2O/c1-5-14(6-2,21-4)13(20-19)12-8-7-11(9-10(12)3)15(16,17)18/h7-9,13,20H,5-6,19H2,1-4H3. The minimum atomic E-state index is -4.34. The van der Waals surface area contributed by atoms with Crippen LogP contribution in [-0.2, 0) is 10.9 Å². The molecule has 0 bridgehead atoms. The Labute approximate surface area is 123 Å². The molecule has 21 heavy (non-hydrogen) atoms. The molecule has 0 aliphatic rings. The summed E-state index contributed by atoms with van der Waals surface area (Å²) in [7, 11) is 1.59. The molecule has 0 saturated heterocycles. The molecule has 3 nitrogen and oxygen atoms in total. The van der Waals surface area contributed by atoms with E-state index in [9.17, 15) is 13.2 Å². The van der Waals surface area contributed by atoms with Gasteiger partial charge in [-0.1, -0.05) is 19.9 Å². The molecular formula is C15H23F3N2O. The molecule has 6 heteroatoms. The SMILES string of the molecule is CCC(CC)(OC)C(NN)c1ccc(C(F)(F)F)cc1C. The first-order chi connectivity index (χ1) is 9.75. The highest BCUT2D eigenvalue weighted by Crippen LogP contribution is 2.38. The molecule has 3 N–H and O–H groups in total. The molecule has 0 aliphatic heterocycles. The lowest BCUT2D eigenvalue weighted by atomic mass is 9.82. The third-order valence-corrected chi connectivity index (χ3v) is 4.20. The van der Waals surface area contributed by atoms with Gasteiger partial charge in [-0.3, -0.25) is 11.3 Å². The Bertz CT molecular complexity index is 462. The number of alkyl halides is 3. The number of hydrogen-bond acceptors (Lipinski definition) is 3. The van der Waals surface area contributed by atoms with Crippen molar-refractivity contribution in [2.45, 2.75) is 51.4 Å². The second-order valence-electron chi connectivity index (χ2n) is 5.14. The molecule has 0 aromatic heterocycles. The van der Waals surface area contributed by atoms with Crippen LogP contribution in [0.2, 0.25) is 0 Å². The summed E-state index contributed by atoms with van der Waals surface area (Å²) in [6.45, 7) is 5.59. The molecule has 0 heterocycles. The van der Waals surface area contributed by atoms with Crippen molar-refractivity contribution in [3.05, 3.63) is 34.9 Å². The summed E-state index contributed by atoms with van der Waals surface area (Å²) in [4.78, 5) is 0. The highest BCUT2D eigenvalue weighted by atomic mass is 19.4. The van der Waals surface area contributed by atoms with E-state index in [1.807, 2.05) is 13.8 Å². The number of ether oxygens (including phenoxy) is 1. The fourth-order valence-corrected chi connectivity index (χ4v) is 2.77. The van der Waals surface area contributed by atoms with Crippen molar-refractivity contribution < 1.29 is 17.9 Å². The van der Waals surface area contributed by atoms with Crippen molar-refractivity contribution in [2.24, 2.45) is 5.84 Å². The van der Waals surface area contributed by atoms with Crippen LogP contribution in [0.25, 0.3) is 0 Å². The van der Waals surface area contributed by atoms with Gasteiger partial charge in [0.25, 0.3) is 0 Å². The maximum Gasteiger partial charge on any atom is 0.416 e. The Morgan fingerprint density at radius 2 is 1.81 bits per heavy atom. The van der Waals surface area contributed by atoms with E-state index in [0.717, 1.165) is 17.7 Å². The van der Waals surface area contributed by atoms with E-state index in [4.69, 9.17) is 10.6 Å². The van der Waals surface area contributed by atoms with Crippen LogP contribution in [0, 0.1) is 6.92 Å². The number of rotatable bonds is 6. The Hall–Kier alpha value is -1.11. The van der Waals surface area contributed by atoms with Gasteiger partial charge in [0.2, 0.25) is 0 Å². The quantitative estimate of drug-likeness (QED) is 0.622. The van der Waals surface area contributed by atoms with Crippen molar-refractivity contribution in [3.63, 3.8) is 0 Å². The lowest BCUT2D eigenvalue weighted by Gasteiger charge is -2.39. The number of hydrazine groups is 1. The van der Waals surface area contributed by atoms with Crippen LogP contribution >= 0.6 is 0 Å². The molecule has 1 aromatic carbocycles. The molecule has 1 rings (SSSR count). The number of nitrogens with one attached hydrogen (secondary N) is 1. The van der Waals surface area contributed by atoms with Gasteiger partial charge >= 0.3 is 6.18 Å². The summed E-state index contributed by atoms with van der Waals surface area (Å²) >= 11 is 0. The van der Waals surface area contributed by atoms with Gasteiger partial charge in [0.15, 0.2) is 0 Å². The molecule has 0 amide bonds. The van der Waals surface area contributed by atoms with Crippen LogP contribution in [0.1, 0.15) is 49.4 Å². The number of hydrogen-bond donors (Lipinski definition) is 2. The normalized spacial score (nSPS) is 14.3. The van der Waals surface area contributed by atoms with Gasteiger partial charge < -0.3 is 4.74 Å². The third kappa shape index (κ3) is 3.56. The van der Waals surface area contributed by atoms with E-state index >= 15 is 0 Å². The van der Waals surface area contributed by atoms with Gasteiger partial charge in [0.05, 0.1) is 17.2 Å². The Morgan fingerprint density at radius 3 is 2.14 bits per heavy atom. The molecule has 0 radical (unpaired) electrons. The zero-order valence-electron chi connectivity index (χ0n) is 12.8. The molecule has 120 valence electrons. The fourth-order valence-electron chi connectivity index (χ4n) is 2.77. The average Bonchev–Trinajstić information content (AvgIpc) is 2.45. The van der Waals surface area contributed by atoms with E-state index in [1.165, 1.54) is 6.07 Å². The van der Waals surface area contributed by atoms with Gasteiger partial charge in [-0.15, -0.1) is 0 Å². The smallest absolute Gasteiger partial charge is 0.376 e. The van der Waals surface area contributed by atoms with Crippen molar-refractivity contribution >= 4 is 0 Å². The zero-order valence-corrected chi connectivity index (χ0v) is 12.8. The number of methoxy groups -OCH3 is 1. The molecule has 1 atom stereocenters. The second kappa shape index (κ2) is 6.77. The van der Waals surface area contributed by atoms with Crippen molar-refractivity contribution in [1.82, 2.24) is 5.43 Å². The largest absolute Gasteiger partial charge is 0.416 e. The van der Waals surface area contributed by atoms with Gasteiger partial charge in [0, 0.05) is 7.11 Å². The first kappa shape index (κ1) is 17.9. The van der Waals surface area contributed by atoms with Crippen molar-refractivity contribution in [3.8, 4) is 0 Å². The summed E-state index contributed by atoms with van der Waals surface area (Å²) in [5, 5.41) is 0. The molecule has 0 fully saturated rings. The lowest BCUT2D eigenvalue weighted by molar-refractivity contribution is -0.137. The van der Waals surface area contributed by atoms with Gasteiger partial charge in [-0.25, -0.2) is 0 Å². The topological polar surface area (TPSA) is 47.3 Å². The lowest BCUT2D eigenvalue weighted by Crippen LogP contribution is -2.47. The summed E-state index contributed by atoms with van der Waals surface area (Å²) in [5.74, 6) is 5.66. The maximum atomic E-state index is 12.8. The number of nitrogens with two attached hydrogens (primary N) is 1. The summed E-state index contributed by atoms with van der Waals surface area (Å²) in [6.07, 6.45) is -2.96. The zero-order chi connectivity index (χ0) is 16.3. The molecular weight excluding hydrogens is 281 g/mol. The highest BCUT2D eigenvalue weighted by molar-refractivity contribution is 5.36. The number of benzene rings is 1. The van der Waals surface area contributed by atoms with E-state index in [0.29, 0.717) is 18.4 Å². The Morgan fingerprint density at radius 1 is 1.24 bits per heavy atom. The fraction of sp³-hybridized carbons (Fsp3) is 0.600. The summed E-state index contributed by atoms with van der Waals surface area (Å²) in [5.41, 5.74) is 2.75.